The summed E-state index contributed by atoms with van der Waals surface area (Å²) in [4.78, 5) is 0.274. The Morgan fingerprint density at radius 2 is 1.70 bits per heavy atom. The number of halogens is 1. The van der Waals surface area contributed by atoms with Crippen LogP contribution in [0.3, 0.4) is 0 Å². The van der Waals surface area contributed by atoms with Crippen molar-refractivity contribution in [3.05, 3.63) is 64.6 Å². The fourth-order valence-corrected chi connectivity index (χ4v) is 6.11. The molecule has 4 nitrogen and oxygen atoms in total. The van der Waals surface area contributed by atoms with E-state index in [0.717, 1.165) is 10.0 Å². The molecule has 0 radical (unpaired) electrons. The van der Waals surface area contributed by atoms with E-state index in [1.165, 1.54) is 0 Å². The highest BCUT2D eigenvalue weighted by molar-refractivity contribution is 9.10. The monoisotopic (exact) mass is 395 g/mol. The van der Waals surface area contributed by atoms with Crippen molar-refractivity contribution >= 4 is 25.8 Å². The molecule has 6 heteroatoms. The first kappa shape index (κ1) is 16.6. The molecular weight excluding hydrogens is 378 g/mol. The molecule has 3 atom stereocenters. The number of nitrogens with two attached hydrogens (primary N) is 1. The smallest absolute Gasteiger partial charge is 0.182 e. The highest BCUT2D eigenvalue weighted by Crippen LogP contribution is 2.63. The van der Waals surface area contributed by atoms with E-state index in [1.807, 2.05) is 24.3 Å². The molecule has 23 heavy (non-hydrogen) atoms. The molecule has 2 aromatic carbocycles. The van der Waals surface area contributed by atoms with Crippen molar-refractivity contribution < 1.29 is 13.5 Å². The van der Waals surface area contributed by atoms with Gasteiger partial charge in [-0.3, -0.25) is 0 Å². The predicted octanol–water partition coefficient (Wildman–Crippen LogP) is 2.33. The summed E-state index contributed by atoms with van der Waals surface area (Å²) in [6.45, 7) is -0.123. The van der Waals surface area contributed by atoms with Crippen LogP contribution in [0.25, 0.3) is 0 Å². The van der Waals surface area contributed by atoms with Crippen molar-refractivity contribution in [3.63, 3.8) is 0 Å². The zero-order valence-electron chi connectivity index (χ0n) is 12.4. The Morgan fingerprint density at radius 1 is 1.09 bits per heavy atom. The van der Waals surface area contributed by atoms with Crippen LogP contribution in [-0.4, -0.2) is 31.9 Å². The summed E-state index contributed by atoms with van der Waals surface area (Å²) < 4.78 is 26.9. The summed E-state index contributed by atoms with van der Waals surface area (Å²) >= 11 is 3.38. The van der Waals surface area contributed by atoms with Crippen molar-refractivity contribution in [1.82, 2.24) is 0 Å². The van der Waals surface area contributed by atoms with E-state index in [-0.39, 0.29) is 24.0 Å². The molecule has 0 saturated heterocycles. The van der Waals surface area contributed by atoms with Crippen molar-refractivity contribution in [2.45, 2.75) is 16.1 Å². The largest absolute Gasteiger partial charge is 0.396 e. The van der Waals surface area contributed by atoms with E-state index in [9.17, 15) is 13.5 Å². The first-order valence-electron chi connectivity index (χ1n) is 7.33. The first-order chi connectivity index (χ1) is 11.0. The van der Waals surface area contributed by atoms with Gasteiger partial charge in [0.25, 0.3) is 0 Å². The van der Waals surface area contributed by atoms with Crippen LogP contribution in [0.15, 0.2) is 64.0 Å². The van der Waals surface area contributed by atoms with Crippen molar-refractivity contribution in [1.29, 1.82) is 0 Å². The van der Waals surface area contributed by atoms with Gasteiger partial charge in [-0.05, 0) is 29.8 Å². The number of aliphatic hydroxyl groups excluding tert-OH is 1. The van der Waals surface area contributed by atoms with Crippen molar-refractivity contribution in [2.75, 3.05) is 13.2 Å². The van der Waals surface area contributed by atoms with Crippen LogP contribution in [0.5, 0.6) is 0 Å². The molecule has 3 N–H and O–H groups in total. The Labute approximate surface area is 144 Å². The summed E-state index contributed by atoms with van der Waals surface area (Å²) in [6, 6.07) is 15.9. The summed E-state index contributed by atoms with van der Waals surface area (Å²) in [5.74, 6) is -0.296. The van der Waals surface area contributed by atoms with Gasteiger partial charge >= 0.3 is 0 Å². The third-order valence-corrected chi connectivity index (χ3v) is 7.56. The fourth-order valence-electron chi connectivity index (χ4n) is 3.37. The average molecular weight is 396 g/mol. The zero-order valence-corrected chi connectivity index (χ0v) is 14.8. The quantitative estimate of drug-likeness (QED) is 0.813. The maximum atomic E-state index is 13.0. The molecule has 1 aliphatic rings. The van der Waals surface area contributed by atoms with Crippen LogP contribution in [0.2, 0.25) is 0 Å². The maximum Gasteiger partial charge on any atom is 0.182 e. The average Bonchev–Trinajstić information content (AvgIpc) is 3.27. The van der Waals surface area contributed by atoms with Crippen LogP contribution >= 0.6 is 15.9 Å². The van der Waals surface area contributed by atoms with E-state index < -0.39 is 20.5 Å². The molecule has 2 aromatic rings. The van der Waals surface area contributed by atoms with E-state index in [0.29, 0.717) is 0 Å². The topological polar surface area (TPSA) is 80.4 Å². The minimum atomic E-state index is -3.56. The third-order valence-electron chi connectivity index (χ3n) is 4.69. The Morgan fingerprint density at radius 3 is 2.22 bits per heavy atom. The van der Waals surface area contributed by atoms with Gasteiger partial charge in [0.15, 0.2) is 9.84 Å². The molecule has 0 aliphatic heterocycles. The van der Waals surface area contributed by atoms with Crippen LogP contribution in [0.1, 0.15) is 11.5 Å². The van der Waals surface area contributed by atoms with Gasteiger partial charge in [-0.15, -0.1) is 0 Å². The lowest BCUT2D eigenvalue weighted by atomic mass is 10.0. The fraction of sp³-hybridized carbons (Fsp3) is 0.294. The summed E-state index contributed by atoms with van der Waals surface area (Å²) in [6.07, 6.45) is 0. The molecule has 0 amide bonds. The van der Waals surface area contributed by atoms with Crippen molar-refractivity contribution in [3.8, 4) is 0 Å². The van der Waals surface area contributed by atoms with Crippen molar-refractivity contribution in [2.24, 2.45) is 11.1 Å². The standard InChI is InChI=1S/C17H18BrNO3S/c18-13-8-6-12(7-9-13)15-16(17(15,10-19)11-20)23(21,22)14-4-2-1-3-5-14/h1-9,15-16,20H,10-11,19H2/t15-,16-,17-/m0/s1. The Balaban J connectivity index is 2.05. The number of rotatable bonds is 5. The Hall–Kier alpha value is -1.21. The lowest BCUT2D eigenvalue weighted by molar-refractivity contribution is 0.212. The van der Waals surface area contributed by atoms with Crippen LogP contribution in [0.4, 0.5) is 0 Å². The van der Waals surface area contributed by atoms with Crippen LogP contribution in [-0.2, 0) is 9.84 Å². The molecular formula is C17H18BrNO3S. The summed E-state index contributed by atoms with van der Waals surface area (Å²) in [5.41, 5.74) is 5.94. The number of hydrogen-bond acceptors (Lipinski definition) is 4. The SMILES string of the molecule is NC[C@]1(CO)[C@@H](c2ccc(Br)cc2)[C@@H]1S(=O)(=O)c1ccccc1. The van der Waals surface area contributed by atoms with Gasteiger partial charge in [-0.1, -0.05) is 46.3 Å². The van der Waals surface area contributed by atoms with Gasteiger partial charge in [-0.2, -0.15) is 0 Å². The normalized spacial score (nSPS) is 26.9. The molecule has 0 unspecified atom stereocenters. The van der Waals surface area contributed by atoms with E-state index in [1.54, 1.807) is 30.3 Å². The molecule has 3 rings (SSSR count). The number of aliphatic hydroxyl groups is 1. The predicted molar refractivity (Wildman–Crippen MR) is 92.9 cm³/mol. The second-order valence-electron chi connectivity index (χ2n) is 5.90. The van der Waals surface area contributed by atoms with E-state index >= 15 is 0 Å². The third kappa shape index (κ3) is 2.63. The van der Waals surface area contributed by atoms with Crippen LogP contribution in [0, 0.1) is 5.41 Å². The number of hydrogen-bond donors (Lipinski definition) is 2. The first-order valence-corrected chi connectivity index (χ1v) is 9.66. The number of benzene rings is 2. The van der Waals surface area contributed by atoms with Gasteiger partial charge in [0.2, 0.25) is 0 Å². The second-order valence-corrected chi connectivity index (χ2v) is 8.89. The molecule has 0 bridgehead atoms. The molecule has 0 heterocycles. The lowest BCUT2D eigenvalue weighted by Crippen LogP contribution is -2.27. The summed E-state index contributed by atoms with van der Waals surface area (Å²) in [5, 5.41) is 9.17. The number of sulfone groups is 1. The maximum absolute atomic E-state index is 13.0. The van der Waals surface area contributed by atoms with Gasteiger partial charge in [0.1, 0.15) is 0 Å². The van der Waals surface area contributed by atoms with Gasteiger partial charge < -0.3 is 10.8 Å². The van der Waals surface area contributed by atoms with Gasteiger partial charge in [-0.25, -0.2) is 8.42 Å². The Kier molecular flexibility index (Phi) is 4.35. The minimum Gasteiger partial charge on any atom is -0.396 e. The minimum absolute atomic E-state index is 0.126. The zero-order chi connectivity index (χ0) is 16.7. The van der Waals surface area contributed by atoms with Gasteiger partial charge in [0.05, 0.1) is 16.8 Å². The van der Waals surface area contributed by atoms with E-state index in [2.05, 4.69) is 15.9 Å². The molecule has 0 spiro atoms. The highest BCUT2D eigenvalue weighted by atomic mass is 79.9. The van der Waals surface area contributed by atoms with Crippen LogP contribution < -0.4 is 5.73 Å². The molecule has 1 fully saturated rings. The lowest BCUT2D eigenvalue weighted by Gasteiger charge is -2.12. The summed E-state index contributed by atoms with van der Waals surface area (Å²) in [7, 11) is -3.56. The molecule has 1 aliphatic carbocycles. The molecule has 122 valence electrons. The Bertz CT molecular complexity index is 786. The van der Waals surface area contributed by atoms with E-state index in [4.69, 9.17) is 5.73 Å². The second kappa shape index (κ2) is 6.02. The highest BCUT2D eigenvalue weighted by Gasteiger charge is 2.70. The van der Waals surface area contributed by atoms with Gasteiger partial charge in [0, 0.05) is 22.4 Å². The molecule has 1 saturated carbocycles. The molecule has 0 aromatic heterocycles.